The van der Waals surface area contributed by atoms with Gasteiger partial charge in [0.05, 0.1) is 24.3 Å². The number of thioether (sulfide) groups is 1. The summed E-state index contributed by atoms with van der Waals surface area (Å²) in [6.07, 6.45) is -1.16. The third-order valence-corrected chi connectivity index (χ3v) is 5.92. The second-order valence-corrected chi connectivity index (χ2v) is 8.04. The summed E-state index contributed by atoms with van der Waals surface area (Å²) >= 11 is 1.53. The minimum absolute atomic E-state index is 0.285. The molecule has 0 aromatic heterocycles. The quantitative estimate of drug-likeness (QED) is 0.586. The number of alkyl carbamates (subject to hydrolysis) is 1. The topological polar surface area (TPSA) is 102 Å². The van der Waals surface area contributed by atoms with E-state index in [1.54, 1.807) is 38.1 Å². The van der Waals surface area contributed by atoms with E-state index in [4.69, 9.17) is 4.74 Å². The Balaban J connectivity index is 1.78. The lowest BCUT2D eigenvalue weighted by Crippen LogP contribution is -2.51. The van der Waals surface area contributed by atoms with Crippen LogP contribution >= 0.6 is 11.8 Å². The minimum atomic E-state index is -1.04. The van der Waals surface area contributed by atoms with Crippen molar-refractivity contribution in [2.24, 2.45) is 5.92 Å². The lowest BCUT2D eigenvalue weighted by Gasteiger charge is -2.29. The highest BCUT2D eigenvalue weighted by Gasteiger charge is 2.46. The van der Waals surface area contributed by atoms with Gasteiger partial charge < -0.3 is 14.8 Å². The van der Waals surface area contributed by atoms with Crippen molar-refractivity contribution in [3.8, 4) is 0 Å². The second kappa shape index (κ2) is 8.22. The van der Waals surface area contributed by atoms with Crippen molar-refractivity contribution >= 4 is 35.6 Å². The number of amides is 3. The molecular formula is C19H22N2O6S. The molecule has 3 atom stereocenters. The van der Waals surface area contributed by atoms with Crippen LogP contribution in [0.5, 0.6) is 0 Å². The molecule has 2 aliphatic heterocycles. The van der Waals surface area contributed by atoms with Crippen LogP contribution in [0.4, 0.5) is 4.79 Å². The average Bonchev–Trinajstić information content (AvgIpc) is 3.19. The molecule has 9 heteroatoms. The molecule has 1 aromatic rings. The predicted molar refractivity (Wildman–Crippen MR) is 102 cm³/mol. The summed E-state index contributed by atoms with van der Waals surface area (Å²) in [6, 6.07) is 5.06. The standard InChI is InChI=1S/C19H22N2O6S/c1-10(2)15(21-16(22)11-6-4-5-7-12(11)17(21)23)18(24)27-14-9-28-8-13(14)20-19(25)26-3/h4-7,10,13-15H,8-9H2,1-3H3,(H,20,25)/t13-,14-,15+/m1/s1. The number of ether oxygens (including phenoxy) is 2. The number of nitrogens with one attached hydrogen (secondary N) is 1. The van der Waals surface area contributed by atoms with Crippen LogP contribution in [0.3, 0.4) is 0 Å². The predicted octanol–water partition coefficient (Wildman–Crippen LogP) is 1.69. The van der Waals surface area contributed by atoms with Crippen LogP contribution in [0.25, 0.3) is 0 Å². The van der Waals surface area contributed by atoms with E-state index in [2.05, 4.69) is 10.1 Å². The first kappa shape index (κ1) is 20.2. The number of carbonyl (C=O) groups excluding carboxylic acids is 4. The van der Waals surface area contributed by atoms with E-state index in [-0.39, 0.29) is 17.0 Å². The van der Waals surface area contributed by atoms with Gasteiger partial charge in [0.25, 0.3) is 11.8 Å². The van der Waals surface area contributed by atoms with E-state index in [0.29, 0.717) is 11.5 Å². The molecule has 2 aliphatic rings. The van der Waals surface area contributed by atoms with Gasteiger partial charge >= 0.3 is 12.1 Å². The highest BCUT2D eigenvalue weighted by atomic mass is 32.2. The van der Waals surface area contributed by atoms with Crippen LogP contribution in [0.2, 0.25) is 0 Å². The molecule has 3 amide bonds. The molecule has 1 N–H and O–H groups in total. The summed E-state index contributed by atoms with van der Waals surface area (Å²) < 4.78 is 10.2. The van der Waals surface area contributed by atoms with E-state index in [1.165, 1.54) is 18.9 Å². The average molecular weight is 406 g/mol. The molecule has 0 aliphatic carbocycles. The number of carbonyl (C=O) groups is 4. The zero-order valence-corrected chi connectivity index (χ0v) is 16.7. The molecule has 1 fully saturated rings. The summed E-state index contributed by atoms with van der Waals surface area (Å²) in [6.45, 7) is 3.51. The van der Waals surface area contributed by atoms with Gasteiger partial charge in [0.15, 0.2) is 0 Å². The number of nitrogens with zero attached hydrogens (tertiary/aromatic N) is 1. The normalized spacial score (nSPS) is 22.2. The van der Waals surface area contributed by atoms with E-state index in [0.717, 1.165) is 4.90 Å². The van der Waals surface area contributed by atoms with E-state index in [1.807, 2.05) is 0 Å². The molecule has 0 radical (unpaired) electrons. The summed E-state index contributed by atoms with van der Waals surface area (Å²) in [4.78, 5) is 50.9. The maximum absolute atomic E-state index is 12.9. The Kier molecular flexibility index (Phi) is 5.93. The van der Waals surface area contributed by atoms with Gasteiger partial charge in [-0.05, 0) is 18.1 Å². The SMILES string of the molecule is COC(=O)N[C@@H]1CSC[C@H]1OC(=O)[C@H](C(C)C)N1C(=O)c2ccccc2C1=O. The molecular weight excluding hydrogens is 384 g/mol. The van der Waals surface area contributed by atoms with E-state index in [9.17, 15) is 19.2 Å². The molecule has 8 nitrogen and oxygen atoms in total. The fraction of sp³-hybridized carbons (Fsp3) is 0.474. The summed E-state index contributed by atoms with van der Waals surface area (Å²) in [7, 11) is 1.26. The number of imide groups is 1. The highest BCUT2D eigenvalue weighted by Crippen LogP contribution is 2.29. The largest absolute Gasteiger partial charge is 0.458 e. The molecule has 0 bridgehead atoms. The Morgan fingerprint density at radius 2 is 1.75 bits per heavy atom. The molecule has 150 valence electrons. The van der Waals surface area contributed by atoms with Crippen molar-refractivity contribution in [1.29, 1.82) is 0 Å². The van der Waals surface area contributed by atoms with E-state index < -0.39 is 42.1 Å². The first-order valence-electron chi connectivity index (χ1n) is 8.94. The van der Waals surface area contributed by atoms with Gasteiger partial charge in [-0.1, -0.05) is 26.0 Å². The van der Waals surface area contributed by atoms with Gasteiger partial charge in [-0.25, -0.2) is 9.59 Å². The molecule has 3 rings (SSSR count). The second-order valence-electron chi connectivity index (χ2n) is 6.97. The molecule has 2 heterocycles. The van der Waals surface area contributed by atoms with Gasteiger partial charge in [-0.15, -0.1) is 0 Å². The number of benzene rings is 1. The Labute approximate surface area is 166 Å². The maximum atomic E-state index is 12.9. The zero-order chi connectivity index (χ0) is 20.4. The van der Waals surface area contributed by atoms with Crippen molar-refractivity contribution in [1.82, 2.24) is 10.2 Å². The third kappa shape index (κ3) is 3.71. The van der Waals surface area contributed by atoms with Crippen LogP contribution in [0.15, 0.2) is 24.3 Å². The van der Waals surface area contributed by atoms with Crippen molar-refractivity contribution in [3.63, 3.8) is 0 Å². The van der Waals surface area contributed by atoms with Crippen molar-refractivity contribution < 1.29 is 28.7 Å². The zero-order valence-electron chi connectivity index (χ0n) is 15.8. The number of fused-ring (bicyclic) bond motifs is 1. The monoisotopic (exact) mass is 406 g/mol. The first-order valence-corrected chi connectivity index (χ1v) is 10.1. The summed E-state index contributed by atoms with van der Waals surface area (Å²) in [5.41, 5.74) is 0.570. The van der Waals surface area contributed by atoms with Gasteiger partial charge in [-0.3, -0.25) is 14.5 Å². The minimum Gasteiger partial charge on any atom is -0.458 e. The third-order valence-electron chi connectivity index (χ3n) is 4.76. The van der Waals surface area contributed by atoms with Gasteiger partial charge in [0, 0.05) is 11.5 Å². The Morgan fingerprint density at radius 1 is 1.14 bits per heavy atom. The number of hydrogen-bond donors (Lipinski definition) is 1. The molecule has 0 unspecified atom stereocenters. The van der Waals surface area contributed by atoms with Crippen molar-refractivity contribution in [3.05, 3.63) is 35.4 Å². The fourth-order valence-corrected chi connectivity index (χ4v) is 4.57. The number of methoxy groups -OCH3 is 1. The molecule has 0 spiro atoms. The number of esters is 1. The molecule has 1 aromatic carbocycles. The maximum Gasteiger partial charge on any atom is 0.407 e. The van der Waals surface area contributed by atoms with Crippen LogP contribution in [0.1, 0.15) is 34.6 Å². The Bertz CT molecular complexity index is 776. The smallest absolute Gasteiger partial charge is 0.407 e. The fourth-order valence-electron chi connectivity index (χ4n) is 3.35. The number of rotatable bonds is 5. The van der Waals surface area contributed by atoms with Crippen molar-refractivity contribution in [2.45, 2.75) is 32.0 Å². The summed E-state index contributed by atoms with van der Waals surface area (Å²) in [5, 5.41) is 2.65. The van der Waals surface area contributed by atoms with Gasteiger partial charge in [0.2, 0.25) is 0 Å². The first-order chi connectivity index (χ1) is 13.3. The van der Waals surface area contributed by atoms with Crippen molar-refractivity contribution in [2.75, 3.05) is 18.6 Å². The lowest BCUT2D eigenvalue weighted by atomic mass is 10.0. The highest BCUT2D eigenvalue weighted by molar-refractivity contribution is 7.99. The lowest BCUT2D eigenvalue weighted by molar-refractivity contribution is -0.155. The molecule has 1 saturated heterocycles. The van der Waals surface area contributed by atoms with Crippen LogP contribution in [0, 0.1) is 5.92 Å². The van der Waals surface area contributed by atoms with E-state index >= 15 is 0 Å². The summed E-state index contributed by atoms with van der Waals surface area (Å²) in [5.74, 6) is -0.910. The Morgan fingerprint density at radius 3 is 2.29 bits per heavy atom. The molecule has 28 heavy (non-hydrogen) atoms. The van der Waals surface area contributed by atoms with Crippen LogP contribution in [-0.2, 0) is 14.3 Å². The Hall–Kier alpha value is -2.55. The van der Waals surface area contributed by atoms with Crippen LogP contribution < -0.4 is 5.32 Å². The van der Waals surface area contributed by atoms with Crippen LogP contribution in [-0.4, -0.2) is 65.6 Å². The number of hydrogen-bond acceptors (Lipinski definition) is 7. The molecule has 0 saturated carbocycles. The van der Waals surface area contributed by atoms with Gasteiger partial charge in [0.1, 0.15) is 12.1 Å². The van der Waals surface area contributed by atoms with Gasteiger partial charge in [-0.2, -0.15) is 11.8 Å².